The molecule has 1 aliphatic carbocycles. The molecular formula is C15H18N2O4. The number of rotatable bonds is 5. The van der Waals surface area contributed by atoms with Gasteiger partial charge in [0, 0.05) is 12.2 Å². The summed E-state index contributed by atoms with van der Waals surface area (Å²) in [5.41, 5.74) is 1.56. The lowest BCUT2D eigenvalue weighted by Gasteiger charge is -2.19. The van der Waals surface area contributed by atoms with Crippen LogP contribution in [0.5, 0.6) is 0 Å². The highest BCUT2D eigenvalue weighted by atomic mass is 16.4. The van der Waals surface area contributed by atoms with E-state index in [0.29, 0.717) is 18.2 Å². The molecule has 0 bridgehead atoms. The van der Waals surface area contributed by atoms with Gasteiger partial charge in [-0.2, -0.15) is 0 Å². The Bertz CT molecular complexity index is 549. The third-order valence-electron chi connectivity index (χ3n) is 3.29. The maximum Gasteiger partial charge on any atom is 0.323 e. The van der Waals surface area contributed by atoms with Crippen molar-refractivity contribution in [2.45, 2.75) is 19.8 Å². The van der Waals surface area contributed by atoms with Crippen molar-refractivity contribution in [1.82, 2.24) is 4.90 Å². The number of anilines is 1. The summed E-state index contributed by atoms with van der Waals surface area (Å²) in [5, 5.41) is 11.3. The van der Waals surface area contributed by atoms with Gasteiger partial charge in [-0.05, 0) is 37.8 Å². The van der Waals surface area contributed by atoms with E-state index in [1.54, 1.807) is 12.1 Å². The highest BCUT2D eigenvalue weighted by Crippen LogP contribution is 2.29. The number of carboxylic acids is 1. The minimum absolute atomic E-state index is 0.320. The molecule has 1 aromatic carbocycles. The number of nitrogens with zero attached hydrogens (tertiary/aromatic N) is 1. The normalized spacial score (nSPS) is 13.6. The van der Waals surface area contributed by atoms with Crippen molar-refractivity contribution < 1.29 is 19.5 Å². The maximum atomic E-state index is 12.1. The van der Waals surface area contributed by atoms with Crippen LogP contribution in [-0.2, 0) is 14.4 Å². The first-order chi connectivity index (χ1) is 9.95. The quantitative estimate of drug-likeness (QED) is 0.799. The molecule has 0 unspecified atom stereocenters. The van der Waals surface area contributed by atoms with E-state index in [4.69, 9.17) is 5.11 Å². The molecule has 112 valence electrons. The minimum atomic E-state index is -1.12. The van der Waals surface area contributed by atoms with Crippen LogP contribution in [0.1, 0.15) is 18.4 Å². The molecule has 6 heteroatoms. The number of amides is 2. The van der Waals surface area contributed by atoms with Crippen molar-refractivity contribution in [2.75, 3.05) is 18.4 Å². The molecule has 21 heavy (non-hydrogen) atoms. The summed E-state index contributed by atoms with van der Waals surface area (Å²) in [6.07, 6.45) is 1.95. The van der Waals surface area contributed by atoms with E-state index in [-0.39, 0.29) is 0 Å². The van der Waals surface area contributed by atoms with Gasteiger partial charge in [-0.25, -0.2) is 0 Å². The van der Waals surface area contributed by atoms with Gasteiger partial charge in [0.25, 0.3) is 0 Å². The Morgan fingerprint density at radius 2 is 1.86 bits per heavy atom. The molecule has 6 nitrogen and oxygen atoms in total. The smallest absolute Gasteiger partial charge is 0.323 e. The molecule has 0 aromatic heterocycles. The Labute approximate surface area is 122 Å². The van der Waals surface area contributed by atoms with Crippen molar-refractivity contribution in [3.8, 4) is 0 Å². The van der Waals surface area contributed by atoms with Crippen molar-refractivity contribution >= 4 is 23.5 Å². The number of nitrogens with one attached hydrogen (secondary N) is 1. The van der Waals surface area contributed by atoms with Crippen LogP contribution < -0.4 is 5.32 Å². The average molecular weight is 290 g/mol. The van der Waals surface area contributed by atoms with E-state index in [9.17, 15) is 14.4 Å². The molecule has 1 aromatic rings. The highest BCUT2D eigenvalue weighted by molar-refractivity contribution is 6.39. The number of benzene rings is 1. The molecule has 1 aliphatic rings. The molecule has 0 atom stereocenters. The summed E-state index contributed by atoms with van der Waals surface area (Å²) in [6.45, 7) is 1.80. The molecule has 1 saturated carbocycles. The molecule has 0 heterocycles. The summed E-state index contributed by atoms with van der Waals surface area (Å²) in [6, 6.07) is 7.03. The zero-order valence-corrected chi connectivity index (χ0v) is 11.8. The molecule has 2 rings (SSSR count). The Balaban J connectivity index is 1.98. The number of carbonyl (C=O) groups excluding carboxylic acids is 2. The molecule has 2 N–H and O–H groups in total. The third-order valence-corrected chi connectivity index (χ3v) is 3.29. The van der Waals surface area contributed by atoms with Gasteiger partial charge < -0.3 is 15.3 Å². The molecular weight excluding hydrogens is 272 g/mol. The number of hydrogen-bond acceptors (Lipinski definition) is 3. The fourth-order valence-corrected chi connectivity index (χ4v) is 1.96. The third kappa shape index (κ3) is 4.59. The highest BCUT2D eigenvalue weighted by Gasteiger charge is 2.30. The van der Waals surface area contributed by atoms with E-state index < -0.39 is 24.3 Å². The van der Waals surface area contributed by atoms with E-state index in [1.807, 2.05) is 19.1 Å². The van der Waals surface area contributed by atoms with Crippen LogP contribution in [0.2, 0.25) is 0 Å². The summed E-state index contributed by atoms with van der Waals surface area (Å²) in [4.78, 5) is 35.9. The van der Waals surface area contributed by atoms with Gasteiger partial charge in [0.15, 0.2) is 0 Å². The zero-order valence-electron chi connectivity index (χ0n) is 11.8. The second kappa shape index (κ2) is 6.39. The predicted octanol–water partition coefficient (Wildman–Crippen LogP) is 1.26. The lowest BCUT2D eigenvalue weighted by Crippen LogP contribution is -2.43. The summed E-state index contributed by atoms with van der Waals surface area (Å²) < 4.78 is 0. The second-order valence-corrected chi connectivity index (χ2v) is 5.34. The lowest BCUT2D eigenvalue weighted by atomic mass is 10.2. The van der Waals surface area contributed by atoms with Crippen molar-refractivity contribution in [3.05, 3.63) is 29.8 Å². The van der Waals surface area contributed by atoms with Crippen LogP contribution in [-0.4, -0.2) is 40.9 Å². The van der Waals surface area contributed by atoms with Gasteiger partial charge in [-0.3, -0.25) is 14.4 Å². The van der Waals surface area contributed by atoms with Crippen LogP contribution in [0, 0.1) is 12.8 Å². The van der Waals surface area contributed by atoms with Gasteiger partial charge in [0.1, 0.15) is 6.54 Å². The monoisotopic (exact) mass is 290 g/mol. The predicted molar refractivity (Wildman–Crippen MR) is 76.7 cm³/mol. The van der Waals surface area contributed by atoms with Crippen molar-refractivity contribution in [3.63, 3.8) is 0 Å². The van der Waals surface area contributed by atoms with Gasteiger partial charge >= 0.3 is 17.8 Å². The van der Waals surface area contributed by atoms with Crippen molar-refractivity contribution in [1.29, 1.82) is 0 Å². The Hall–Kier alpha value is -2.37. The molecule has 0 spiro atoms. The Morgan fingerprint density at radius 3 is 2.38 bits per heavy atom. The van der Waals surface area contributed by atoms with Gasteiger partial charge in [-0.1, -0.05) is 17.7 Å². The number of carbonyl (C=O) groups is 3. The Morgan fingerprint density at radius 1 is 1.24 bits per heavy atom. The lowest BCUT2D eigenvalue weighted by molar-refractivity contribution is -0.148. The standard InChI is InChI=1S/C15H18N2O4/c1-10-2-6-12(7-3-10)16-14(20)15(21)17(9-13(18)19)8-11-4-5-11/h2-3,6-7,11H,4-5,8-9H2,1H3,(H,16,20)(H,18,19). The zero-order chi connectivity index (χ0) is 15.4. The van der Waals surface area contributed by atoms with E-state index >= 15 is 0 Å². The van der Waals surface area contributed by atoms with Crippen LogP contribution in [0.15, 0.2) is 24.3 Å². The van der Waals surface area contributed by atoms with Gasteiger partial charge in [0.2, 0.25) is 0 Å². The molecule has 1 fully saturated rings. The molecule has 2 amide bonds. The molecule has 0 aliphatic heterocycles. The molecule has 0 saturated heterocycles. The van der Waals surface area contributed by atoms with Crippen molar-refractivity contribution in [2.24, 2.45) is 5.92 Å². The largest absolute Gasteiger partial charge is 0.480 e. The van der Waals surface area contributed by atoms with Crippen LogP contribution in [0.4, 0.5) is 5.69 Å². The minimum Gasteiger partial charge on any atom is -0.480 e. The van der Waals surface area contributed by atoms with Crippen LogP contribution in [0.3, 0.4) is 0 Å². The summed E-state index contributed by atoms with van der Waals surface area (Å²) in [5.74, 6) is -2.40. The van der Waals surface area contributed by atoms with Crippen LogP contribution in [0.25, 0.3) is 0 Å². The first kappa shape index (κ1) is 15.0. The van der Waals surface area contributed by atoms with E-state index in [1.165, 1.54) is 0 Å². The molecule has 0 radical (unpaired) electrons. The SMILES string of the molecule is Cc1ccc(NC(=O)C(=O)N(CC(=O)O)CC2CC2)cc1. The average Bonchev–Trinajstić information content (AvgIpc) is 3.23. The number of aliphatic carboxylic acids is 1. The summed E-state index contributed by atoms with van der Waals surface area (Å²) >= 11 is 0. The van der Waals surface area contributed by atoms with E-state index in [0.717, 1.165) is 23.3 Å². The summed E-state index contributed by atoms with van der Waals surface area (Å²) in [7, 11) is 0. The number of aryl methyl sites for hydroxylation is 1. The van der Waals surface area contributed by atoms with Gasteiger partial charge in [-0.15, -0.1) is 0 Å². The van der Waals surface area contributed by atoms with Crippen LogP contribution >= 0.6 is 0 Å². The fraction of sp³-hybridized carbons (Fsp3) is 0.400. The van der Waals surface area contributed by atoms with E-state index in [2.05, 4.69) is 5.32 Å². The fourth-order valence-electron chi connectivity index (χ4n) is 1.96. The first-order valence-corrected chi connectivity index (χ1v) is 6.84. The topological polar surface area (TPSA) is 86.7 Å². The number of carboxylic acid groups (broad SMARTS) is 1. The number of hydrogen-bond donors (Lipinski definition) is 2. The first-order valence-electron chi connectivity index (χ1n) is 6.84. The second-order valence-electron chi connectivity index (χ2n) is 5.34. The van der Waals surface area contributed by atoms with Gasteiger partial charge in [0.05, 0.1) is 0 Å². The maximum absolute atomic E-state index is 12.1. The Kier molecular flexibility index (Phi) is 4.57.